The van der Waals surface area contributed by atoms with Crippen LogP contribution in [0.2, 0.25) is 0 Å². The van der Waals surface area contributed by atoms with Crippen molar-refractivity contribution in [1.82, 2.24) is 19.9 Å². The van der Waals surface area contributed by atoms with Gasteiger partial charge in [0.2, 0.25) is 5.88 Å². The SMILES string of the molecule is CCOCC1(CN(C)c2cc(-c3cc(OCC)nc(C(F)(F)F)c3)nc3nc(-c4ccc(N5CCCCC5)cc4)[nH]c23)CCCC1. The first-order valence-electron chi connectivity index (χ1n) is 16.5. The second-order valence-electron chi connectivity index (χ2n) is 12.6. The molecule has 1 saturated carbocycles. The normalized spacial score (nSPS) is 16.7. The zero-order valence-electron chi connectivity index (χ0n) is 26.9. The Balaban J connectivity index is 1.43. The van der Waals surface area contributed by atoms with Gasteiger partial charge in [-0.05, 0) is 82.3 Å². The maximum atomic E-state index is 13.9. The van der Waals surface area contributed by atoms with Crippen LogP contribution in [0.3, 0.4) is 0 Å². The van der Waals surface area contributed by atoms with Crippen LogP contribution >= 0.6 is 0 Å². The van der Waals surface area contributed by atoms with Crippen LogP contribution in [0.1, 0.15) is 64.5 Å². The molecule has 4 aromatic rings. The number of H-pyrrole nitrogens is 1. The number of benzene rings is 1. The average Bonchev–Trinajstić information content (AvgIpc) is 3.71. The van der Waals surface area contributed by atoms with Crippen LogP contribution in [0.25, 0.3) is 33.8 Å². The zero-order valence-corrected chi connectivity index (χ0v) is 26.9. The average molecular weight is 637 g/mol. The Hall–Kier alpha value is -3.86. The molecule has 1 aromatic carbocycles. The van der Waals surface area contributed by atoms with E-state index in [1.807, 2.05) is 20.0 Å². The van der Waals surface area contributed by atoms with Crippen LogP contribution in [-0.4, -0.2) is 66.4 Å². The predicted octanol–water partition coefficient (Wildman–Crippen LogP) is 8.13. The number of piperidine rings is 1. The molecule has 0 spiro atoms. The van der Waals surface area contributed by atoms with E-state index >= 15 is 0 Å². The van der Waals surface area contributed by atoms with Gasteiger partial charge in [0.05, 0.1) is 24.6 Å². The first kappa shape index (κ1) is 32.1. The zero-order chi connectivity index (χ0) is 32.3. The molecule has 11 heteroatoms. The molecule has 6 rings (SSSR count). The summed E-state index contributed by atoms with van der Waals surface area (Å²) in [7, 11) is 2.03. The largest absolute Gasteiger partial charge is 0.478 e. The van der Waals surface area contributed by atoms with Crippen molar-refractivity contribution in [3.05, 3.63) is 48.2 Å². The summed E-state index contributed by atoms with van der Waals surface area (Å²) in [5, 5.41) is 0. The molecule has 0 amide bonds. The third-order valence-corrected chi connectivity index (χ3v) is 9.24. The molecule has 1 saturated heterocycles. The minimum Gasteiger partial charge on any atom is -0.478 e. The number of pyridine rings is 2. The number of hydrogen-bond donors (Lipinski definition) is 1. The van der Waals surface area contributed by atoms with Gasteiger partial charge in [-0.25, -0.2) is 15.0 Å². The number of fused-ring (bicyclic) bond motifs is 1. The van der Waals surface area contributed by atoms with Gasteiger partial charge in [0, 0.05) is 61.6 Å². The topological polar surface area (TPSA) is 79.4 Å². The number of ether oxygens (including phenoxy) is 2. The lowest BCUT2D eigenvalue weighted by Gasteiger charge is -2.34. The third kappa shape index (κ3) is 6.94. The van der Waals surface area contributed by atoms with E-state index in [-0.39, 0.29) is 23.5 Å². The summed E-state index contributed by atoms with van der Waals surface area (Å²) in [5.74, 6) is 0.562. The van der Waals surface area contributed by atoms with Gasteiger partial charge in [0.25, 0.3) is 0 Å². The van der Waals surface area contributed by atoms with Crippen molar-refractivity contribution >= 4 is 22.5 Å². The highest BCUT2D eigenvalue weighted by Gasteiger charge is 2.36. The van der Waals surface area contributed by atoms with Crippen molar-refractivity contribution in [2.24, 2.45) is 5.41 Å². The molecular formula is C35H43F3N6O2. The molecule has 246 valence electrons. The van der Waals surface area contributed by atoms with Crippen molar-refractivity contribution in [2.45, 2.75) is 65.0 Å². The summed E-state index contributed by atoms with van der Waals surface area (Å²) in [6.07, 6.45) is 3.47. The van der Waals surface area contributed by atoms with Crippen molar-refractivity contribution in [3.8, 4) is 28.5 Å². The summed E-state index contributed by atoms with van der Waals surface area (Å²) in [6, 6.07) is 12.8. The van der Waals surface area contributed by atoms with E-state index in [0.717, 1.165) is 68.2 Å². The summed E-state index contributed by atoms with van der Waals surface area (Å²) in [6.45, 7) is 8.10. The fourth-order valence-corrected chi connectivity index (χ4v) is 6.94. The van der Waals surface area contributed by atoms with Crippen LogP contribution < -0.4 is 14.5 Å². The van der Waals surface area contributed by atoms with E-state index in [1.54, 1.807) is 6.92 Å². The summed E-state index contributed by atoms with van der Waals surface area (Å²) >= 11 is 0. The highest BCUT2D eigenvalue weighted by molar-refractivity contribution is 5.91. The smallest absolute Gasteiger partial charge is 0.433 e. The Kier molecular flexibility index (Phi) is 9.40. The van der Waals surface area contributed by atoms with Gasteiger partial charge >= 0.3 is 6.18 Å². The fraction of sp³-hybridized carbons (Fsp3) is 0.514. The molecule has 1 N–H and O–H groups in total. The monoisotopic (exact) mass is 636 g/mol. The number of nitrogens with one attached hydrogen (secondary N) is 1. The number of hydrogen-bond acceptors (Lipinski definition) is 7. The minimum absolute atomic E-state index is 0.00406. The van der Waals surface area contributed by atoms with E-state index < -0.39 is 11.9 Å². The molecule has 0 bridgehead atoms. The van der Waals surface area contributed by atoms with Crippen LogP contribution in [0, 0.1) is 5.41 Å². The number of imidazole rings is 1. The quantitative estimate of drug-likeness (QED) is 0.178. The first-order chi connectivity index (χ1) is 22.2. The molecule has 1 aliphatic heterocycles. The lowest BCUT2D eigenvalue weighted by Crippen LogP contribution is -2.37. The van der Waals surface area contributed by atoms with Gasteiger partial charge in [-0.3, -0.25) is 0 Å². The molecule has 1 aliphatic carbocycles. The van der Waals surface area contributed by atoms with Crippen LogP contribution in [-0.2, 0) is 10.9 Å². The van der Waals surface area contributed by atoms with Gasteiger partial charge in [-0.1, -0.05) is 12.8 Å². The molecule has 0 atom stereocenters. The number of alkyl halides is 3. The Bertz CT molecular complexity index is 1630. The number of aromatic nitrogens is 4. The minimum atomic E-state index is -4.64. The molecule has 0 unspecified atom stereocenters. The maximum absolute atomic E-state index is 13.9. The number of nitrogens with zero attached hydrogens (tertiary/aromatic N) is 5. The molecule has 3 aromatic heterocycles. The van der Waals surface area contributed by atoms with E-state index in [0.29, 0.717) is 30.4 Å². The van der Waals surface area contributed by atoms with Gasteiger partial charge in [-0.15, -0.1) is 0 Å². The Morgan fingerprint density at radius 2 is 1.63 bits per heavy atom. The fourth-order valence-electron chi connectivity index (χ4n) is 6.94. The highest BCUT2D eigenvalue weighted by Crippen LogP contribution is 2.42. The second kappa shape index (κ2) is 13.5. The molecule has 46 heavy (non-hydrogen) atoms. The van der Waals surface area contributed by atoms with Crippen LogP contribution in [0.5, 0.6) is 5.88 Å². The third-order valence-electron chi connectivity index (χ3n) is 9.24. The van der Waals surface area contributed by atoms with Crippen molar-refractivity contribution in [3.63, 3.8) is 0 Å². The van der Waals surface area contributed by atoms with E-state index in [4.69, 9.17) is 19.4 Å². The van der Waals surface area contributed by atoms with Crippen LogP contribution in [0.4, 0.5) is 24.5 Å². The molecular weight excluding hydrogens is 593 g/mol. The van der Waals surface area contributed by atoms with Crippen molar-refractivity contribution in [1.29, 1.82) is 0 Å². The predicted molar refractivity (Wildman–Crippen MR) is 175 cm³/mol. The number of rotatable bonds is 11. The van der Waals surface area contributed by atoms with E-state index in [1.165, 1.54) is 31.0 Å². The van der Waals surface area contributed by atoms with Gasteiger partial charge in [0.15, 0.2) is 5.65 Å². The number of aromatic amines is 1. The summed E-state index contributed by atoms with van der Waals surface area (Å²) < 4.78 is 53.1. The first-order valence-corrected chi connectivity index (χ1v) is 16.5. The number of anilines is 2. The Morgan fingerprint density at radius 1 is 0.891 bits per heavy atom. The van der Waals surface area contributed by atoms with Gasteiger partial charge < -0.3 is 24.3 Å². The van der Waals surface area contributed by atoms with Gasteiger partial charge in [-0.2, -0.15) is 13.2 Å². The summed E-state index contributed by atoms with van der Waals surface area (Å²) in [4.78, 5) is 21.5. The van der Waals surface area contributed by atoms with E-state index in [2.05, 4.69) is 44.0 Å². The van der Waals surface area contributed by atoms with Gasteiger partial charge in [0.1, 0.15) is 17.0 Å². The molecule has 2 aliphatic rings. The molecule has 0 radical (unpaired) electrons. The highest BCUT2D eigenvalue weighted by atomic mass is 19.4. The second-order valence-corrected chi connectivity index (χ2v) is 12.6. The standard InChI is InChI=1S/C35H43F3N6O2/c1-4-45-23-34(15-7-8-16-34)22-43(3)28-21-27(25-19-29(35(36,37)38)40-30(20-25)46-5-2)39-33-31(28)41-32(42-33)24-11-13-26(14-12-24)44-17-9-6-10-18-44/h11-14,19-21H,4-10,15-18,22-23H2,1-3H3,(H,39,41,42). The van der Waals surface area contributed by atoms with Crippen molar-refractivity contribution in [2.75, 3.05) is 56.3 Å². The van der Waals surface area contributed by atoms with Crippen LogP contribution in [0.15, 0.2) is 42.5 Å². The van der Waals surface area contributed by atoms with E-state index in [9.17, 15) is 13.2 Å². The lowest BCUT2D eigenvalue weighted by atomic mass is 9.86. The lowest BCUT2D eigenvalue weighted by molar-refractivity contribution is -0.141. The summed E-state index contributed by atoms with van der Waals surface area (Å²) in [5.41, 5.74) is 3.70. The Labute approximate surface area is 268 Å². The Morgan fingerprint density at radius 3 is 2.30 bits per heavy atom. The molecule has 2 fully saturated rings. The van der Waals surface area contributed by atoms with Crippen molar-refractivity contribution < 1.29 is 22.6 Å². The number of halogens is 3. The molecule has 4 heterocycles. The maximum Gasteiger partial charge on any atom is 0.433 e. The molecule has 8 nitrogen and oxygen atoms in total.